The van der Waals surface area contributed by atoms with Crippen LogP contribution in [-0.4, -0.2) is 33.3 Å². The minimum Gasteiger partial charge on any atom is -0.454 e. The first-order valence-electron chi connectivity index (χ1n) is 14.0. The Kier molecular flexibility index (Phi) is 5.82. The van der Waals surface area contributed by atoms with Crippen LogP contribution < -0.4 is 5.46 Å². The van der Waals surface area contributed by atoms with E-state index in [0.29, 0.717) is 7.48 Å². The van der Waals surface area contributed by atoms with Gasteiger partial charge in [0.15, 0.2) is 5.58 Å². The molecule has 0 fully saturated rings. The maximum absolute atomic E-state index is 10.6. The van der Waals surface area contributed by atoms with Crippen LogP contribution in [0.3, 0.4) is 0 Å². The first kappa shape index (κ1) is 25.6. The van der Waals surface area contributed by atoms with Gasteiger partial charge in [0.2, 0.25) is 0 Å². The van der Waals surface area contributed by atoms with Crippen LogP contribution in [-0.2, 0) is 4.65 Å². The molecule has 0 spiro atoms. The van der Waals surface area contributed by atoms with Crippen molar-refractivity contribution in [2.75, 3.05) is 0 Å². The number of benzene rings is 4. The van der Waals surface area contributed by atoms with Crippen molar-refractivity contribution in [3.63, 3.8) is 0 Å². The number of furan rings is 1. The minimum absolute atomic E-state index is 0.313. The Labute approximate surface area is 239 Å². The summed E-state index contributed by atoms with van der Waals surface area (Å²) in [5, 5.41) is 15.1. The molecule has 3 aromatic heterocycles. The number of nitrogens with zero attached hydrogens (tertiary/aromatic N) is 2. The van der Waals surface area contributed by atoms with Crippen molar-refractivity contribution in [1.29, 1.82) is 0 Å². The summed E-state index contributed by atoms with van der Waals surface area (Å²) in [6.45, 7) is 7.32. The van der Waals surface area contributed by atoms with Crippen LogP contribution in [0.2, 0.25) is 0 Å². The van der Waals surface area contributed by atoms with Crippen molar-refractivity contribution in [2.45, 2.75) is 38.9 Å². The third-order valence-electron chi connectivity index (χ3n) is 8.56. The summed E-state index contributed by atoms with van der Waals surface area (Å²) in [4.78, 5) is 4.39. The summed E-state index contributed by atoms with van der Waals surface area (Å²) < 4.78 is 14.7. The van der Waals surface area contributed by atoms with Crippen LogP contribution in [0, 0.1) is 0 Å². The standard InChI is InChI=1S/C35H31BN2O3/c1-34(2,39)35(3,4)41-36-28-20-37-21-32-33(28)27-19-23(15-18-31(27)40-32)22-13-16-24(17-14-22)38-29-11-7-5-9-25(29)26-10-6-8-12-30(26)38/h5-21,36,39H,1-4H3. The zero-order chi connectivity index (χ0) is 28.4. The highest BCUT2D eigenvalue weighted by Gasteiger charge is 2.36. The Morgan fingerprint density at radius 3 is 2.02 bits per heavy atom. The van der Waals surface area contributed by atoms with Gasteiger partial charge < -0.3 is 18.7 Å². The summed E-state index contributed by atoms with van der Waals surface area (Å²) in [5.41, 5.74) is 6.48. The Bertz CT molecular complexity index is 2010. The van der Waals surface area contributed by atoms with Crippen molar-refractivity contribution in [3.8, 4) is 16.8 Å². The number of aromatic nitrogens is 2. The van der Waals surface area contributed by atoms with Crippen molar-refractivity contribution in [2.24, 2.45) is 0 Å². The quantitative estimate of drug-likeness (QED) is 0.226. The molecule has 5 nitrogen and oxygen atoms in total. The fraction of sp³-hybridized carbons (Fsp3) is 0.171. The number of hydrogen-bond donors (Lipinski definition) is 1. The minimum atomic E-state index is -0.995. The fourth-order valence-electron chi connectivity index (χ4n) is 5.53. The summed E-state index contributed by atoms with van der Waals surface area (Å²) in [7, 11) is 0.313. The van der Waals surface area contributed by atoms with E-state index in [-0.39, 0.29) is 0 Å². The maximum atomic E-state index is 10.6. The summed E-state index contributed by atoms with van der Waals surface area (Å²) in [5.74, 6) is 0. The number of hydrogen-bond acceptors (Lipinski definition) is 4. The Hall–Kier alpha value is -4.39. The first-order chi connectivity index (χ1) is 19.7. The van der Waals surface area contributed by atoms with Gasteiger partial charge >= 0.3 is 7.48 Å². The highest BCUT2D eigenvalue weighted by Crippen LogP contribution is 2.34. The number of pyridine rings is 1. The Morgan fingerprint density at radius 2 is 1.37 bits per heavy atom. The maximum Gasteiger partial charge on any atom is 0.311 e. The van der Waals surface area contributed by atoms with Gasteiger partial charge in [0.25, 0.3) is 0 Å². The number of fused-ring (bicyclic) bond motifs is 6. The molecule has 0 saturated heterocycles. The van der Waals surface area contributed by atoms with Crippen molar-refractivity contribution < 1.29 is 14.2 Å². The van der Waals surface area contributed by atoms with Gasteiger partial charge in [0.1, 0.15) is 5.58 Å². The third-order valence-corrected chi connectivity index (χ3v) is 8.56. The van der Waals surface area contributed by atoms with Crippen molar-refractivity contribution in [1.82, 2.24) is 9.55 Å². The molecule has 1 N–H and O–H groups in total. The second kappa shape index (κ2) is 9.33. The largest absolute Gasteiger partial charge is 0.454 e. The molecule has 0 aliphatic heterocycles. The second-order valence-corrected chi connectivity index (χ2v) is 11.8. The Balaban J connectivity index is 1.28. The molecule has 0 bridgehead atoms. The van der Waals surface area contributed by atoms with Crippen LogP contribution in [0.5, 0.6) is 0 Å². The highest BCUT2D eigenvalue weighted by molar-refractivity contribution is 6.52. The van der Waals surface area contributed by atoms with Gasteiger partial charge in [0.05, 0.1) is 28.4 Å². The molecule has 3 heterocycles. The molecule has 0 unspecified atom stereocenters. The molecule has 0 aliphatic carbocycles. The van der Waals surface area contributed by atoms with E-state index in [9.17, 15) is 5.11 Å². The van der Waals surface area contributed by atoms with Gasteiger partial charge in [0, 0.05) is 33.4 Å². The molecular formula is C35H31BN2O3. The number of para-hydroxylation sites is 2. The molecule has 0 aliphatic rings. The van der Waals surface area contributed by atoms with Crippen LogP contribution in [0.25, 0.3) is 60.6 Å². The lowest BCUT2D eigenvalue weighted by Crippen LogP contribution is -2.49. The van der Waals surface area contributed by atoms with Crippen LogP contribution >= 0.6 is 0 Å². The summed E-state index contributed by atoms with van der Waals surface area (Å²) >= 11 is 0. The van der Waals surface area contributed by atoms with Crippen LogP contribution in [0.15, 0.2) is 108 Å². The van der Waals surface area contributed by atoms with E-state index in [1.807, 2.05) is 26.1 Å². The van der Waals surface area contributed by atoms with Crippen molar-refractivity contribution >= 4 is 56.7 Å². The molecule has 0 radical (unpaired) electrons. The van der Waals surface area contributed by atoms with E-state index in [1.165, 1.54) is 21.8 Å². The molecular weight excluding hydrogens is 507 g/mol. The molecule has 0 atom stereocenters. The van der Waals surface area contributed by atoms with Gasteiger partial charge in [-0.2, -0.15) is 0 Å². The molecule has 0 saturated carbocycles. The van der Waals surface area contributed by atoms with Gasteiger partial charge in [-0.1, -0.05) is 54.6 Å². The van der Waals surface area contributed by atoms with E-state index in [2.05, 4.69) is 94.5 Å². The van der Waals surface area contributed by atoms with Crippen LogP contribution in [0.4, 0.5) is 0 Å². The molecule has 4 aromatic carbocycles. The monoisotopic (exact) mass is 538 g/mol. The molecule has 41 heavy (non-hydrogen) atoms. The van der Waals surface area contributed by atoms with Gasteiger partial charge in [-0.3, -0.25) is 4.98 Å². The second-order valence-electron chi connectivity index (χ2n) is 11.8. The Morgan fingerprint density at radius 1 is 0.732 bits per heavy atom. The third kappa shape index (κ3) is 4.22. The summed E-state index contributed by atoms with van der Waals surface area (Å²) in [6.07, 6.45) is 3.57. The van der Waals surface area contributed by atoms with E-state index in [4.69, 9.17) is 9.07 Å². The first-order valence-corrected chi connectivity index (χ1v) is 14.0. The number of rotatable bonds is 6. The lowest BCUT2D eigenvalue weighted by Gasteiger charge is -2.37. The molecule has 0 amide bonds. The van der Waals surface area contributed by atoms with Gasteiger partial charge in [-0.25, -0.2) is 0 Å². The average Bonchev–Trinajstić information content (AvgIpc) is 3.51. The predicted octanol–water partition coefficient (Wildman–Crippen LogP) is 7.29. The molecule has 7 rings (SSSR count). The highest BCUT2D eigenvalue weighted by atomic mass is 16.5. The van der Waals surface area contributed by atoms with Gasteiger partial charge in [-0.15, -0.1) is 0 Å². The van der Waals surface area contributed by atoms with E-state index in [1.54, 1.807) is 20.0 Å². The molecule has 202 valence electrons. The van der Waals surface area contributed by atoms with E-state index in [0.717, 1.165) is 44.2 Å². The van der Waals surface area contributed by atoms with E-state index >= 15 is 0 Å². The average molecular weight is 538 g/mol. The molecule has 7 aromatic rings. The topological polar surface area (TPSA) is 60.4 Å². The smallest absolute Gasteiger partial charge is 0.311 e. The molecule has 6 heteroatoms. The van der Waals surface area contributed by atoms with Gasteiger partial charge in [-0.05, 0) is 80.7 Å². The van der Waals surface area contributed by atoms with Crippen LogP contribution in [0.1, 0.15) is 27.7 Å². The zero-order valence-electron chi connectivity index (χ0n) is 23.7. The fourth-order valence-corrected chi connectivity index (χ4v) is 5.53. The lowest BCUT2D eigenvalue weighted by molar-refractivity contribution is -0.0893. The summed E-state index contributed by atoms with van der Waals surface area (Å²) in [6, 6.07) is 32.2. The predicted molar refractivity (Wildman–Crippen MR) is 170 cm³/mol. The van der Waals surface area contributed by atoms with Crippen molar-refractivity contribution in [3.05, 3.63) is 103 Å². The normalized spacial score (nSPS) is 12.6. The SMILES string of the molecule is CC(C)(O)C(C)(C)OBc1cncc2oc3ccc(-c4ccc(-n5c6ccccc6c6ccccc65)cc4)cc3c12. The lowest BCUT2D eigenvalue weighted by atomic mass is 9.81. The number of aliphatic hydroxyl groups is 1. The van der Waals surface area contributed by atoms with E-state index < -0.39 is 11.2 Å². The zero-order valence-corrected chi connectivity index (χ0v) is 23.7.